The van der Waals surface area contributed by atoms with Crippen LogP contribution >= 0.6 is 0 Å². The number of anilines is 1. The molecule has 0 aromatic carbocycles. The maximum Gasteiger partial charge on any atom is 0.358 e. The van der Waals surface area contributed by atoms with E-state index in [9.17, 15) is 4.79 Å². The summed E-state index contributed by atoms with van der Waals surface area (Å²) in [5.74, 6) is -1.09. The number of aromatic carboxylic acids is 1. The molecule has 0 bridgehead atoms. The van der Waals surface area contributed by atoms with E-state index in [4.69, 9.17) is 15.6 Å². The van der Waals surface area contributed by atoms with Gasteiger partial charge in [-0.3, -0.25) is 4.68 Å². The molecule has 1 aromatic rings. The lowest BCUT2D eigenvalue weighted by Gasteiger charge is -2.22. The Balaban J connectivity index is 2.21. The average Bonchev–Trinajstić information content (AvgIpc) is 2.62. The van der Waals surface area contributed by atoms with Crippen LogP contribution in [0.15, 0.2) is 6.20 Å². The normalized spacial score (nSPS) is 21.5. The number of ether oxygens (including phenoxy) is 1. The number of rotatable bonds is 2. The Labute approximate surface area is 86.6 Å². The van der Waals surface area contributed by atoms with E-state index >= 15 is 0 Å². The minimum atomic E-state index is -1.09. The molecule has 6 nitrogen and oxygen atoms in total. The van der Waals surface area contributed by atoms with Gasteiger partial charge in [-0.25, -0.2) is 4.79 Å². The van der Waals surface area contributed by atoms with Gasteiger partial charge in [0.25, 0.3) is 0 Å². The van der Waals surface area contributed by atoms with Crippen LogP contribution in [0.1, 0.15) is 29.4 Å². The first-order chi connectivity index (χ1) is 7.18. The van der Waals surface area contributed by atoms with E-state index in [-0.39, 0.29) is 17.4 Å². The average molecular weight is 211 g/mol. The molecule has 15 heavy (non-hydrogen) atoms. The zero-order chi connectivity index (χ0) is 10.8. The summed E-state index contributed by atoms with van der Waals surface area (Å²) >= 11 is 0. The smallest absolute Gasteiger partial charge is 0.358 e. The highest BCUT2D eigenvalue weighted by Gasteiger charge is 2.20. The van der Waals surface area contributed by atoms with Gasteiger partial charge >= 0.3 is 5.97 Å². The van der Waals surface area contributed by atoms with Crippen molar-refractivity contribution < 1.29 is 14.6 Å². The molecule has 1 atom stereocenters. The fourth-order valence-corrected chi connectivity index (χ4v) is 1.69. The quantitative estimate of drug-likeness (QED) is 0.744. The van der Waals surface area contributed by atoms with Crippen LogP contribution < -0.4 is 5.73 Å². The summed E-state index contributed by atoms with van der Waals surface area (Å²) in [7, 11) is 0. The van der Waals surface area contributed by atoms with Crippen LogP contribution in [-0.4, -0.2) is 34.1 Å². The number of nitrogens with two attached hydrogens (primary N) is 1. The number of aromatic nitrogens is 2. The van der Waals surface area contributed by atoms with E-state index in [2.05, 4.69) is 5.10 Å². The summed E-state index contributed by atoms with van der Waals surface area (Å²) < 4.78 is 6.89. The second-order valence-corrected chi connectivity index (χ2v) is 3.59. The summed E-state index contributed by atoms with van der Waals surface area (Å²) in [6.07, 6.45) is 3.47. The molecule has 1 aliphatic heterocycles. The third-order valence-corrected chi connectivity index (χ3v) is 2.47. The lowest BCUT2D eigenvalue weighted by atomic mass is 10.1. The Bertz CT molecular complexity index is 369. The number of carboxylic acids is 1. The van der Waals surface area contributed by atoms with Crippen LogP contribution in [-0.2, 0) is 4.74 Å². The third-order valence-electron chi connectivity index (χ3n) is 2.47. The Hall–Kier alpha value is -1.56. The number of hydrogen-bond acceptors (Lipinski definition) is 4. The molecule has 1 aliphatic rings. The van der Waals surface area contributed by atoms with E-state index in [0.717, 1.165) is 19.4 Å². The van der Waals surface area contributed by atoms with E-state index in [1.807, 2.05) is 0 Å². The lowest BCUT2D eigenvalue weighted by molar-refractivity contribution is 0.0540. The molecule has 0 aliphatic carbocycles. The van der Waals surface area contributed by atoms with Gasteiger partial charge in [-0.2, -0.15) is 5.10 Å². The lowest BCUT2D eigenvalue weighted by Crippen LogP contribution is -2.21. The highest BCUT2D eigenvalue weighted by atomic mass is 16.5. The molecule has 1 saturated heterocycles. The largest absolute Gasteiger partial charge is 0.476 e. The van der Waals surface area contributed by atoms with Gasteiger partial charge in [-0.1, -0.05) is 0 Å². The maximum absolute atomic E-state index is 10.7. The van der Waals surface area contributed by atoms with E-state index in [1.165, 1.54) is 0 Å². The van der Waals surface area contributed by atoms with Gasteiger partial charge in [0.2, 0.25) is 0 Å². The van der Waals surface area contributed by atoms with Gasteiger partial charge in [0.1, 0.15) is 0 Å². The SMILES string of the molecule is Nc1cn(C2CCCOC2)nc1C(=O)O. The van der Waals surface area contributed by atoms with Crippen molar-refractivity contribution in [3.63, 3.8) is 0 Å². The molecular formula is C9H13N3O3. The summed E-state index contributed by atoms with van der Waals surface area (Å²) in [6, 6.07) is 0.106. The van der Waals surface area contributed by atoms with Crippen molar-refractivity contribution in [1.82, 2.24) is 9.78 Å². The number of carboxylic acid groups (broad SMARTS) is 1. The minimum Gasteiger partial charge on any atom is -0.476 e. The van der Waals surface area contributed by atoms with Crippen LogP contribution in [0.25, 0.3) is 0 Å². The summed E-state index contributed by atoms with van der Waals surface area (Å²) in [5.41, 5.74) is 5.66. The Morgan fingerprint density at radius 1 is 1.73 bits per heavy atom. The fourth-order valence-electron chi connectivity index (χ4n) is 1.69. The molecule has 2 heterocycles. The van der Waals surface area contributed by atoms with Crippen LogP contribution in [0.5, 0.6) is 0 Å². The van der Waals surface area contributed by atoms with Crippen LogP contribution in [0, 0.1) is 0 Å². The van der Waals surface area contributed by atoms with Crippen LogP contribution in [0.4, 0.5) is 5.69 Å². The zero-order valence-corrected chi connectivity index (χ0v) is 8.22. The van der Waals surface area contributed by atoms with Gasteiger partial charge in [-0.15, -0.1) is 0 Å². The Morgan fingerprint density at radius 2 is 2.53 bits per heavy atom. The summed E-state index contributed by atoms with van der Waals surface area (Å²) in [6.45, 7) is 1.33. The number of nitrogen functional groups attached to an aromatic ring is 1. The maximum atomic E-state index is 10.7. The first kappa shape index (κ1) is 9.97. The van der Waals surface area contributed by atoms with E-state index in [1.54, 1.807) is 10.9 Å². The molecule has 0 amide bonds. The van der Waals surface area contributed by atoms with Gasteiger partial charge in [0, 0.05) is 12.8 Å². The molecule has 6 heteroatoms. The summed E-state index contributed by atoms with van der Waals surface area (Å²) in [5, 5.41) is 12.7. The topological polar surface area (TPSA) is 90.4 Å². The standard InChI is InChI=1S/C9H13N3O3/c10-7-4-12(11-8(7)9(13)14)6-2-1-3-15-5-6/h4,6H,1-3,5,10H2,(H,13,14). The monoisotopic (exact) mass is 211 g/mol. The molecule has 0 saturated carbocycles. The number of carbonyl (C=O) groups is 1. The van der Waals surface area contributed by atoms with Gasteiger partial charge in [-0.05, 0) is 12.8 Å². The highest BCUT2D eigenvalue weighted by Crippen LogP contribution is 2.21. The highest BCUT2D eigenvalue weighted by molar-refractivity contribution is 5.91. The van der Waals surface area contributed by atoms with Gasteiger partial charge < -0.3 is 15.6 Å². The zero-order valence-electron chi connectivity index (χ0n) is 8.22. The Kier molecular flexibility index (Phi) is 2.59. The van der Waals surface area contributed by atoms with Crippen molar-refractivity contribution in [3.05, 3.63) is 11.9 Å². The second kappa shape index (κ2) is 3.90. The number of hydrogen-bond donors (Lipinski definition) is 2. The predicted octanol–water partition coefficient (Wildman–Crippen LogP) is 0.515. The first-order valence-corrected chi connectivity index (χ1v) is 4.84. The molecule has 2 rings (SSSR count). The van der Waals surface area contributed by atoms with Crippen molar-refractivity contribution in [3.8, 4) is 0 Å². The molecule has 1 fully saturated rings. The fraction of sp³-hybridized carbons (Fsp3) is 0.556. The van der Waals surface area contributed by atoms with Crippen molar-refractivity contribution >= 4 is 11.7 Å². The van der Waals surface area contributed by atoms with E-state index in [0.29, 0.717) is 6.61 Å². The third kappa shape index (κ3) is 1.94. The molecule has 1 aromatic heterocycles. The minimum absolute atomic E-state index is 0.0828. The predicted molar refractivity (Wildman–Crippen MR) is 52.7 cm³/mol. The van der Waals surface area contributed by atoms with Crippen molar-refractivity contribution in [2.45, 2.75) is 18.9 Å². The Morgan fingerprint density at radius 3 is 3.07 bits per heavy atom. The van der Waals surface area contributed by atoms with Crippen molar-refractivity contribution in [1.29, 1.82) is 0 Å². The van der Waals surface area contributed by atoms with Gasteiger partial charge in [0.15, 0.2) is 5.69 Å². The molecular weight excluding hydrogens is 198 g/mol. The van der Waals surface area contributed by atoms with Gasteiger partial charge in [0.05, 0.1) is 18.3 Å². The van der Waals surface area contributed by atoms with Crippen molar-refractivity contribution in [2.24, 2.45) is 0 Å². The van der Waals surface area contributed by atoms with Crippen molar-refractivity contribution in [2.75, 3.05) is 18.9 Å². The van der Waals surface area contributed by atoms with Crippen LogP contribution in [0.3, 0.4) is 0 Å². The molecule has 82 valence electrons. The molecule has 0 spiro atoms. The first-order valence-electron chi connectivity index (χ1n) is 4.84. The van der Waals surface area contributed by atoms with E-state index < -0.39 is 5.97 Å². The molecule has 3 N–H and O–H groups in total. The number of nitrogens with zero attached hydrogens (tertiary/aromatic N) is 2. The second-order valence-electron chi connectivity index (χ2n) is 3.59. The molecule has 1 unspecified atom stereocenters. The summed E-state index contributed by atoms with van der Waals surface area (Å²) in [4.78, 5) is 10.7. The molecule has 0 radical (unpaired) electrons. The van der Waals surface area contributed by atoms with Crippen LogP contribution in [0.2, 0.25) is 0 Å².